The Bertz CT molecular complexity index is 1180. The molecule has 0 bridgehead atoms. The monoisotopic (exact) mass is 565 g/mol. The van der Waals surface area contributed by atoms with Crippen molar-refractivity contribution >= 4 is 44.7 Å². The third-order valence-electron chi connectivity index (χ3n) is 6.40. The van der Waals surface area contributed by atoms with E-state index in [9.17, 15) is 8.60 Å². The van der Waals surface area contributed by atoms with E-state index in [2.05, 4.69) is 37.8 Å². The number of anilines is 2. The maximum Gasteiger partial charge on any atom is 0.194 e. The molecule has 1 fully saturated rings. The second-order valence-corrected chi connectivity index (χ2v) is 11.6. The Morgan fingerprint density at radius 3 is 2.89 bits per heavy atom. The van der Waals surface area contributed by atoms with Gasteiger partial charge < -0.3 is 20.7 Å². The first-order valence-corrected chi connectivity index (χ1v) is 14.8. The summed E-state index contributed by atoms with van der Waals surface area (Å²) in [7, 11) is -0.0847. The van der Waals surface area contributed by atoms with Crippen molar-refractivity contribution in [1.82, 2.24) is 15.6 Å². The Morgan fingerprint density at radius 1 is 1.27 bits per heavy atom. The number of hydrogen-bond donors (Lipinski definition) is 4. The number of benzene rings is 2. The van der Waals surface area contributed by atoms with Gasteiger partial charge in [0, 0.05) is 30.2 Å². The summed E-state index contributed by atoms with van der Waals surface area (Å²) in [6.07, 6.45) is 6.75. The zero-order chi connectivity index (χ0) is 26.1. The van der Waals surface area contributed by atoms with Gasteiger partial charge in [0.15, 0.2) is 16.1 Å². The van der Waals surface area contributed by atoms with Gasteiger partial charge in [-0.1, -0.05) is 23.7 Å². The van der Waals surface area contributed by atoms with E-state index in [1.165, 1.54) is 35.5 Å². The zero-order valence-electron chi connectivity index (χ0n) is 20.8. The Kier molecular flexibility index (Phi) is 10.2. The molecule has 37 heavy (non-hydrogen) atoms. The first-order chi connectivity index (χ1) is 18.0. The van der Waals surface area contributed by atoms with Gasteiger partial charge in [0.05, 0.1) is 22.7 Å². The van der Waals surface area contributed by atoms with E-state index >= 15 is 0 Å². The van der Waals surface area contributed by atoms with Crippen LogP contribution in [0.2, 0.25) is 5.02 Å². The predicted octanol–water partition coefficient (Wildman–Crippen LogP) is 5.23. The van der Waals surface area contributed by atoms with E-state index in [-0.39, 0.29) is 10.4 Å². The molecule has 2 atom stereocenters. The average Bonchev–Trinajstić information content (AvgIpc) is 3.58. The fourth-order valence-electron chi connectivity index (χ4n) is 4.55. The molecule has 11 heteroatoms. The highest BCUT2D eigenvalue weighted by Gasteiger charge is 2.33. The molecule has 1 aliphatic rings. The lowest BCUT2D eigenvalue weighted by Gasteiger charge is -2.30. The largest absolute Gasteiger partial charge is 0.497 e. The number of unbranched alkanes of at least 4 members (excludes halogenated alkanes) is 1. The zero-order valence-corrected chi connectivity index (χ0v) is 23.2. The molecule has 2 unspecified atom stereocenters. The van der Waals surface area contributed by atoms with Gasteiger partial charge in [-0.05, 0) is 75.0 Å². The minimum Gasteiger partial charge on any atom is -0.497 e. The van der Waals surface area contributed by atoms with Gasteiger partial charge in [-0.15, -0.1) is 11.3 Å². The van der Waals surface area contributed by atoms with Gasteiger partial charge in [-0.3, -0.25) is 4.72 Å². The van der Waals surface area contributed by atoms with E-state index < -0.39 is 16.8 Å². The van der Waals surface area contributed by atoms with Gasteiger partial charge >= 0.3 is 0 Å². The van der Waals surface area contributed by atoms with Crippen molar-refractivity contribution in [2.45, 2.75) is 42.5 Å². The number of rotatable bonds is 14. The normalized spacial score (nSPS) is 18.0. The molecule has 0 aliphatic carbocycles. The predicted molar refractivity (Wildman–Crippen MR) is 151 cm³/mol. The minimum absolute atomic E-state index is 0.00153. The summed E-state index contributed by atoms with van der Waals surface area (Å²) in [4.78, 5) is 4.01. The molecule has 4 rings (SSSR count). The molecular weight excluding hydrogens is 533 g/mol. The summed E-state index contributed by atoms with van der Waals surface area (Å²) >= 11 is 7.62. The maximum absolute atomic E-state index is 14.6. The summed E-state index contributed by atoms with van der Waals surface area (Å²) in [6.45, 7) is 3.50. The molecule has 1 aromatic heterocycles. The maximum atomic E-state index is 14.6. The molecular formula is C26H33ClFN5O2S2. The number of nitrogens with one attached hydrogen (secondary N) is 4. The highest BCUT2D eigenvalue weighted by Crippen LogP contribution is 2.28. The van der Waals surface area contributed by atoms with E-state index in [0.717, 1.165) is 51.1 Å². The lowest BCUT2D eigenvalue weighted by molar-refractivity contribution is 0.347. The molecule has 2 heterocycles. The van der Waals surface area contributed by atoms with Crippen molar-refractivity contribution in [2.75, 3.05) is 43.3 Å². The molecule has 7 nitrogen and oxygen atoms in total. The van der Waals surface area contributed by atoms with Crippen LogP contribution in [0.3, 0.4) is 0 Å². The molecule has 2 aromatic carbocycles. The summed E-state index contributed by atoms with van der Waals surface area (Å²) in [5.74, 6) is 0.308. The number of nitrogens with zero attached hydrogens (tertiary/aromatic N) is 1. The Balaban J connectivity index is 1.19. The second-order valence-electron chi connectivity index (χ2n) is 9.12. The van der Waals surface area contributed by atoms with E-state index in [0.29, 0.717) is 22.4 Å². The molecule has 1 aliphatic heterocycles. The quantitative estimate of drug-likeness (QED) is 0.200. The molecule has 0 saturated carbocycles. The lowest BCUT2D eigenvalue weighted by Crippen LogP contribution is -2.50. The van der Waals surface area contributed by atoms with Gasteiger partial charge in [0.1, 0.15) is 11.6 Å². The van der Waals surface area contributed by atoms with Crippen LogP contribution >= 0.6 is 22.9 Å². The Hall–Kier alpha value is -2.24. The van der Waals surface area contributed by atoms with Crippen LogP contribution < -0.4 is 25.4 Å². The average molecular weight is 566 g/mol. The van der Waals surface area contributed by atoms with Crippen molar-refractivity contribution < 1.29 is 13.3 Å². The van der Waals surface area contributed by atoms with Crippen LogP contribution in [0.5, 0.6) is 5.75 Å². The summed E-state index contributed by atoms with van der Waals surface area (Å²) in [6, 6.07) is 11.0. The highest BCUT2D eigenvalue weighted by atomic mass is 35.5. The SMILES string of the molecule is COc1cccc(CC2(CNCCCCNc3cc(F)c(S(=O)Nc4nccs4)cc3Cl)CCCN2)c1. The van der Waals surface area contributed by atoms with Crippen LogP contribution in [0, 0.1) is 5.82 Å². The first kappa shape index (κ1) is 27.8. The van der Waals surface area contributed by atoms with Gasteiger partial charge in [-0.2, -0.15) is 0 Å². The summed E-state index contributed by atoms with van der Waals surface area (Å²) < 4.78 is 35.1. The smallest absolute Gasteiger partial charge is 0.194 e. The van der Waals surface area contributed by atoms with E-state index in [1.54, 1.807) is 18.7 Å². The number of halogens is 2. The van der Waals surface area contributed by atoms with E-state index in [4.69, 9.17) is 16.3 Å². The third kappa shape index (κ3) is 7.87. The fraction of sp³-hybridized carbons (Fsp3) is 0.423. The highest BCUT2D eigenvalue weighted by molar-refractivity contribution is 7.86. The Morgan fingerprint density at radius 2 is 2.14 bits per heavy atom. The minimum atomic E-state index is -1.78. The van der Waals surface area contributed by atoms with Crippen LogP contribution in [0.15, 0.2) is 52.9 Å². The Labute approximate surface area is 229 Å². The standard InChI is InChI=1S/C26H33ClFN5O2S2/c1-35-20-7-4-6-19(14-20)17-26(8-5-11-32-26)18-29-9-2-3-10-30-23-16-22(28)24(15-21(23)27)37(34)33-25-31-12-13-36-25/h4,6-7,12-16,29-30,32H,2-3,5,8-11,17-18H2,1H3,(H,31,33). The van der Waals surface area contributed by atoms with Crippen LogP contribution in [0.1, 0.15) is 31.2 Å². The van der Waals surface area contributed by atoms with Crippen LogP contribution in [0.25, 0.3) is 0 Å². The van der Waals surface area contributed by atoms with Crippen molar-refractivity contribution in [3.05, 3.63) is 64.4 Å². The molecule has 0 amide bonds. The van der Waals surface area contributed by atoms with Crippen molar-refractivity contribution in [3.8, 4) is 5.75 Å². The van der Waals surface area contributed by atoms with Crippen molar-refractivity contribution in [2.24, 2.45) is 0 Å². The number of methoxy groups -OCH3 is 1. The molecule has 0 spiro atoms. The number of thiazole rings is 1. The van der Waals surface area contributed by atoms with Gasteiger partial charge in [-0.25, -0.2) is 13.6 Å². The molecule has 200 valence electrons. The second kappa shape index (κ2) is 13.5. The van der Waals surface area contributed by atoms with Gasteiger partial charge in [0.25, 0.3) is 0 Å². The van der Waals surface area contributed by atoms with Crippen LogP contribution in [-0.2, 0) is 17.4 Å². The van der Waals surface area contributed by atoms with E-state index in [1.807, 2.05) is 12.1 Å². The lowest BCUT2D eigenvalue weighted by atomic mass is 9.89. The molecule has 0 radical (unpaired) electrons. The third-order valence-corrected chi connectivity index (χ3v) is 8.62. The molecule has 4 N–H and O–H groups in total. The summed E-state index contributed by atoms with van der Waals surface area (Å²) in [5, 5.41) is 13.1. The number of aromatic nitrogens is 1. The molecule has 3 aromatic rings. The van der Waals surface area contributed by atoms with Gasteiger partial charge in [0.2, 0.25) is 0 Å². The number of ether oxygens (including phenoxy) is 1. The van der Waals surface area contributed by atoms with Crippen molar-refractivity contribution in [3.63, 3.8) is 0 Å². The van der Waals surface area contributed by atoms with Crippen LogP contribution in [0.4, 0.5) is 15.2 Å². The first-order valence-electron chi connectivity index (χ1n) is 12.4. The topological polar surface area (TPSA) is 87.3 Å². The van der Waals surface area contributed by atoms with Crippen molar-refractivity contribution in [1.29, 1.82) is 0 Å². The fourth-order valence-corrected chi connectivity index (χ4v) is 6.42. The van der Waals surface area contributed by atoms with Crippen LogP contribution in [-0.4, -0.2) is 48.0 Å². The summed E-state index contributed by atoms with van der Waals surface area (Å²) in [5.41, 5.74) is 1.83. The molecule has 1 saturated heterocycles. The number of hydrogen-bond acceptors (Lipinski definition) is 7.